The number of hydrogen-bond donors (Lipinski definition) is 2. The zero-order valence-electron chi connectivity index (χ0n) is 8.25. The molecule has 1 rings (SSSR count). The normalized spacial score (nSPS) is 9.73. The Bertz CT molecular complexity index is 404. The molecular weight excluding hydrogens is 216 g/mol. The van der Waals surface area contributed by atoms with Crippen molar-refractivity contribution in [1.29, 1.82) is 0 Å². The molecule has 0 bridgehead atoms. The zero-order chi connectivity index (χ0) is 11.4. The Labute approximate surface area is 92.6 Å². The van der Waals surface area contributed by atoms with E-state index in [2.05, 4.69) is 16.9 Å². The Morgan fingerprint density at radius 1 is 1.73 bits per heavy atom. The average Bonchev–Trinajstić information content (AvgIpc) is 2.16. The van der Waals surface area contributed by atoms with E-state index >= 15 is 0 Å². The van der Waals surface area contributed by atoms with Gasteiger partial charge in [-0.25, -0.2) is 9.78 Å². The van der Waals surface area contributed by atoms with Crippen LogP contribution < -0.4 is 5.32 Å². The van der Waals surface area contributed by atoms with Crippen LogP contribution in [0, 0.1) is 0 Å². The number of carboxylic acid groups (broad SMARTS) is 1. The highest BCUT2D eigenvalue weighted by Gasteiger charge is 2.09. The van der Waals surface area contributed by atoms with Crippen molar-refractivity contribution < 1.29 is 9.90 Å². The van der Waals surface area contributed by atoms with E-state index in [-0.39, 0.29) is 10.6 Å². The van der Waals surface area contributed by atoms with Crippen LogP contribution >= 0.6 is 11.6 Å². The molecule has 0 atom stereocenters. The van der Waals surface area contributed by atoms with Crippen LogP contribution in [-0.4, -0.2) is 22.6 Å². The molecule has 0 aliphatic heterocycles. The van der Waals surface area contributed by atoms with Crippen LogP contribution in [0.1, 0.15) is 17.3 Å². The van der Waals surface area contributed by atoms with Crippen molar-refractivity contribution in [3.05, 3.63) is 35.0 Å². The fraction of sp³-hybridized carbons (Fsp3) is 0.200. The molecule has 0 unspecified atom stereocenters. The molecule has 0 aliphatic rings. The van der Waals surface area contributed by atoms with Crippen molar-refractivity contribution in [2.75, 3.05) is 11.9 Å². The molecule has 4 nitrogen and oxygen atoms in total. The van der Waals surface area contributed by atoms with E-state index in [4.69, 9.17) is 16.7 Å². The lowest BCUT2D eigenvalue weighted by Gasteiger charge is -2.06. The Hall–Kier alpha value is -1.55. The van der Waals surface area contributed by atoms with Crippen LogP contribution in [0.3, 0.4) is 0 Å². The number of aromatic carboxylic acids is 1. The molecule has 0 fully saturated rings. The minimum atomic E-state index is -1.07. The fourth-order valence-electron chi connectivity index (χ4n) is 0.941. The van der Waals surface area contributed by atoms with E-state index in [1.165, 1.54) is 12.3 Å². The molecule has 5 heteroatoms. The number of nitrogens with zero attached hydrogens (tertiary/aromatic N) is 1. The molecule has 1 aromatic heterocycles. The summed E-state index contributed by atoms with van der Waals surface area (Å²) >= 11 is 5.67. The lowest BCUT2D eigenvalue weighted by atomic mass is 10.2. The van der Waals surface area contributed by atoms with E-state index in [9.17, 15) is 4.79 Å². The van der Waals surface area contributed by atoms with Gasteiger partial charge in [-0.15, -0.1) is 0 Å². The Kier molecular flexibility index (Phi) is 3.68. The van der Waals surface area contributed by atoms with E-state index in [0.29, 0.717) is 12.4 Å². The number of nitrogens with one attached hydrogen (secondary N) is 1. The van der Waals surface area contributed by atoms with Gasteiger partial charge in [0, 0.05) is 12.7 Å². The first-order valence-electron chi connectivity index (χ1n) is 4.28. The number of carboxylic acids is 1. The van der Waals surface area contributed by atoms with Gasteiger partial charge in [-0.05, 0) is 13.0 Å². The molecule has 80 valence electrons. The van der Waals surface area contributed by atoms with Gasteiger partial charge in [0.25, 0.3) is 0 Å². The van der Waals surface area contributed by atoms with Crippen molar-refractivity contribution in [3.8, 4) is 0 Å². The third kappa shape index (κ3) is 3.25. The van der Waals surface area contributed by atoms with Gasteiger partial charge >= 0.3 is 5.97 Å². The highest BCUT2D eigenvalue weighted by Crippen LogP contribution is 2.17. The summed E-state index contributed by atoms with van der Waals surface area (Å²) < 4.78 is 0. The number of rotatable bonds is 4. The highest BCUT2D eigenvalue weighted by atomic mass is 35.5. The van der Waals surface area contributed by atoms with Crippen LogP contribution in [0.15, 0.2) is 24.4 Å². The van der Waals surface area contributed by atoms with Crippen LogP contribution in [0.4, 0.5) is 5.82 Å². The first kappa shape index (κ1) is 11.5. The molecule has 0 saturated heterocycles. The van der Waals surface area contributed by atoms with Crippen LogP contribution in [-0.2, 0) is 0 Å². The van der Waals surface area contributed by atoms with Gasteiger partial charge in [-0.2, -0.15) is 0 Å². The number of halogens is 1. The second-order valence-corrected chi connectivity index (χ2v) is 3.57. The molecule has 2 N–H and O–H groups in total. The maximum absolute atomic E-state index is 10.8. The van der Waals surface area contributed by atoms with Crippen LogP contribution in [0.25, 0.3) is 0 Å². The summed E-state index contributed by atoms with van der Waals surface area (Å²) in [7, 11) is 0. The standard InChI is InChI=1S/C10H11ClN2O2/c1-6(2)4-12-9-3-7(10(14)15)8(11)5-13-9/h3,5H,1,4H2,2H3,(H,12,13)(H,14,15). The van der Waals surface area contributed by atoms with Crippen molar-refractivity contribution in [2.45, 2.75) is 6.92 Å². The third-order valence-corrected chi connectivity index (χ3v) is 1.96. The molecule has 15 heavy (non-hydrogen) atoms. The summed E-state index contributed by atoms with van der Waals surface area (Å²) in [6, 6.07) is 1.40. The van der Waals surface area contributed by atoms with Gasteiger partial charge < -0.3 is 10.4 Å². The van der Waals surface area contributed by atoms with Gasteiger partial charge in [-0.1, -0.05) is 23.8 Å². The van der Waals surface area contributed by atoms with E-state index in [0.717, 1.165) is 5.57 Å². The highest BCUT2D eigenvalue weighted by molar-refractivity contribution is 6.33. The minimum Gasteiger partial charge on any atom is -0.478 e. The largest absolute Gasteiger partial charge is 0.478 e. The van der Waals surface area contributed by atoms with Crippen molar-refractivity contribution in [3.63, 3.8) is 0 Å². The van der Waals surface area contributed by atoms with Gasteiger partial charge in [0.2, 0.25) is 0 Å². The molecule has 0 amide bonds. The predicted molar refractivity (Wildman–Crippen MR) is 59.5 cm³/mol. The molecule has 0 radical (unpaired) electrons. The first-order chi connectivity index (χ1) is 7.00. The predicted octanol–water partition coefficient (Wildman–Crippen LogP) is 2.42. The van der Waals surface area contributed by atoms with E-state index < -0.39 is 5.97 Å². The Morgan fingerprint density at radius 2 is 2.40 bits per heavy atom. The summed E-state index contributed by atoms with van der Waals surface area (Å²) in [6.07, 6.45) is 1.31. The number of anilines is 1. The summed E-state index contributed by atoms with van der Waals surface area (Å²) in [6.45, 7) is 6.12. The third-order valence-electron chi connectivity index (χ3n) is 1.66. The van der Waals surface area contributed by atoms with Gasteiger partial charge in [0.05, 0.1) is 10.6 Å². The molecular formula is C10H11ClN2O2. The lowest BCUT2D eigenvalue weighted by Crippen LogP contribution is -2.06. The van der Waals surface area contributed by atoms with Crippen LogP contribution in [0.2, 0.25) is 5.02 Å². The first-order valence-corrected chi connectivity index (χ1v) is 4.65. The summed E-state index contributed by atoms with van der Waals surface area (Å²) in [5, 5.41) is 11.9. The SMILES string of the molecule is C=C(C)CNc1cc(C(=O)O)c(Cl)cn1. The topological polar surface area (TPSA) is 62.2 Å². The second-order valence-electron chi connectivity index (χ2n) is 3.17. The molecule has 1 aromatic rings. The minimum absolute atomic E-state index is 0.0379. The number of aromatic nitrogens is 1. The fourth-order valence-corrected chi connectivity index (χ4v) is 1.12. The van der Waals surface area contributed by atoms with Gasteiger partial charge in [-0.3, -0.25) is 0 Å². The Morgan fingerprint density at radius 3 is 2.93 bits per heavy atom. The summed E-state index contributed by atoms with van der Waals surface area (Å²) in [5.41, 5.74) is 0.972. The average molecular weight is 227 g/mol. The van der Waals surface area contributed by atoms with Crippen molar-refractivity contribution >= 4 is 23.4 Å². The van der Waals surface area contributed by atoms with Gasteiger partial charge in [0.15, 0.2) is 0 Å². The summed E-state index contributed by atoms with van der Waals surface area (Å²) in [4.78, 5) is 14.7. The maximum atomic E-state index is 10.8. The van der Waals surface area contributed by atoms with Crippen molar-refractivity contribution in [2.24, 2.45) is 0 Å². The molecule has 0 aliphatic carbocycles. The quantitative estimate of drug-likeness (QED) is 0.774. The summed E-state index contributed by atoms with van der Waals surface area (Å²) in [5.74, 6) is -0.597. The Balaban J connectivity index is 2.87. The smallest absolute Gasteiger partial charge is 0.337 e. The lowest BCUT2D eigenvalue weighted by molar-refractivity contribution is 0.0697. The molecule has 1 heterocycles. The number of carbonyl (C=O) groups is 1. The number of hydrogen-bond acceptors (Lipinski definition) is 3. The number of pyridine rings is 1. The maximum Gasteiger partial charge on any atom is 0.337 e. The second kappa shape index (κ2) is 4.79. The van der Waals surface area contributed by atoms with Crippen molar-refractivity contribution in [1.82, 2.24) is 4.98 Å². The van der Waals surface area contributed by atoms with Gasteiger partial charge in [0.1, 0.15) is 5.82 Å². The van der Waals surface area contributed by atoms with E-state index in [1.54, 1.807) is 0 Å². The van der Waals surface area contributed by atoms with E-state index in [1.807, 2.05) is 6.92 Å². The zero-order valence-corrected chi connectivity index (χ0v) is 9.01. The monoisotopic (exact) mass is 226 g/mol. The molecule has 0 aromatic carbocycles. The van der Waals surface area contributed by atoms with Crippen LogP contribution in [0.5, 0.6) is 0 Å². The molecule has 0 saturated carbocycles. The molecule has 0 spiro atoms.